The van der Waals surface area contributed by atoms with E-state index in [1.54, 1.807) is 0 Å². The Labute approximate surface area is 123 Å². The predicted molar refractivity (Wildman–Crippen MR) is 80.1 cm³/mol. The second kappa shape index (κ2) is 6.18. The molecule has 2 fully saturated rings. The summed E-state index contributed by atoms with van der Waals surface area (Å²) in [5.74, 6) is 0.887. The van der Waals surface area contributed by atoms with E-state index in [0.717, 1.165) is 17.0 Å². The lowest BCUT2D eigenvalue weighted by Gasteiger charge is -2.44. The summed E-state index contributed by atoms with van der Waals surface area (Å²) in [6.45, 7) is 3.55. The van der Waals surface area contributed by atoms with Crippen molar-refractivity contribution in [3.05, 3.63) is 16.9 Å². The van der Waals surface area contributed by atoms with Crippen molar-refractivity contribution in [2.45, 2.75) is 44.7 Å². The van der Waals surface area contributed by atoms with E-state index in [-0.39, 0.29) is 0 Å². The molecule has 2 aliphatic rings. The third-order valence-electron chi connectivity index (χ3n) is 4.15. The first-order chi connectivity index (χ1) is 9.34. The highest BCUT2D eigenvalue weighted by Gasteiger charge is 2.30. The first-order valence-electron chi connectivity index (χ1n) is 7.33. The van der Waals surface area contributed by atoms with Crippen molar-refractivity contribution < 1.29 is 0 Å². The monoisotopic (exact) mass is 324 g/mol. The van der Waals surface area contributed by atoms with Gasteiger partial charge in [-0.15, -0.1) is 0 Å². The molecule has 3 heterocycles. The molecule has 1 unspecified atom stereocenters. The van der Waals surface area contributed by atoms with Gasteiger partial charge in [0.2, 0.25) is 5.95 Å². The normalized spacial score (nSPS) is 25.5. The zero-order chi connectivity index (χ0) is 13.1. The quantitative estimate of drug-likeness (QED) is 0.837. The van der Waals surface area contributed by atoms with Gasteiger partial charge in [-0.3, -0.25) is 4.90 Å². The maximum Gasteiger partial charge on any atom is 0.226 e. The maximum atomic E-state index is 4.49. The van der Waals surface area contributed by atoms with Crippen LogP contribution in [0.15, 0.2) is 16.9 Å². The van der Waals surface area contributed by atoms with Gasteiger partial charge in [0.15, 0.2) is 0 Å². The number of hydrogen-bond donors (Lipinski definition) is 0. The Bertz CT molecular complexity index is 402. The van der Waals surface area contributed by atoms with Crippen molar-refractivity contribution >= 4 is 21.9 Å². The Kier molecular flexibility index (Phi) is 4.33. The number of nitrogens with zero attached hydrogens (tertiary/aromatic N) is 4. The highest BCUT2D eigenvalue weighted by atomic mass is 79.9. The van der Waals surface area contributed by atoms with Crippen molar-refractivity contribution in [3.8, 4) is 0 Å². The van der Waals surface area contributed by atoms with Gasteiger partial charge in [-0.25, -0.2) is 9.97 Å². The average molecular weight is 325 g/mol. The molecule has 4 nitrogen and oxygen atoms in total. The molecule has 0 aromatic carbocycles. The van der Waals surface area contributed by atoms with Crippen molar-refractivity contribution in [1.82, 2.24) is 14.9 Å². The van der Waals surface area contributed by atoms with Gasteiger partial charge in [0.1, 0.15) is 0 Å². The highest BCUT2D eigenvalue weighted by Crippen LogP contribution is 2.26. The fourth-order valence-electron chi connectivity index (χ4n) is 3.20. The number of aromatic nitrogens is 2. The third-order valence-corrected chi connectivity index (χ3v) is 4.56. The molecule has 0 saturated carbocycles. The molecule has 0 bridgehead atoms. The van der Waals surface area contributed by atoms with Crippen LogP contribution in [0.5, 0.6) is 0 Å². The van der Waals surface area contributed by atoms with E-state index in [2.05, 4.69) is 35.7 Å². The lowest BCUT2D eigenvalue weighted by Crippen LogP contribution is -2.53. The third kappa shape index (κ3) is 3.08. The highest BCUT2D eigenvalue weighted by molar-refractivity contribution is 9.10. The summed E-state index contributed by atoms with van der Waals surface area (Å²) in [6.07, 6.45) is 12.1. The SMILES string of the molecule is Brc1cnc(N2CCCCC2N2CCCCC2)nc1. The van der Waals surface area contributed by atoms with Crippen LogP contribution in [0.3, 0.4) is 0 Å². The van der Waals surface area contributed by atoms with Crippen LogP contribution in [-0.2, 0) is 0 Å². The van der Waals surface area contributed by atoms with E-state index in [1.165, 1.54) is 51.6 Å². The lowest BCUT2D eigenvalue weighted by atomic mass is 10.0. The minimum atomic E-state index is 0.509. The number of halogens is 1. The van der Waals surface area contributed by atoms with Crippen LogP contribution in [0.1, 0.15) is 38.5 Å². The van der Waals surface area contributed by atoms with Crippen LogP contribution >= 0.6 is 15.9 Å². The Hall–Kier alpha value is -0.680. The standard InChI is InChI=1S/C14H21BrN4/c15-12-10-16-14(17-11-12)19-9-5-2-6-13(19)18-7-3-1-4-8-18/h10-11,13H,1-9H2. The van der Waals surface area contributed by atoms with Crippen molar-refractivity contribution in [2.24, 2.45) is 0 Å². The first-order valence-corrected chi connectivity index (χ1v) is 8.12. The van der Waals surface area contributed by atoms with Gasteiger partial charge in [0.25, 0.3) is 0 Å². The topological polar surface area (TPSA) is 32.3 Å². The molecule has 2 saturated heterocycles. The fraction of sp³-hybridized carbons (Fsp3) is 0.714. The molecule has 0 radical (unpaired) electrons. The summed E-state index contributed by atoms with van der Waals surface area (Å²) < 4.78 is 0.947. The van der Waals surface area contributed by atoms with Gasteiger partial charge in [-0.2, -0.15) is 0 Å². The van der Waals surface area contributed by atoms with Crippen LogP contribution < -0.4 is 4.90 Å². The average Bonchev–Trinajstić information content (AvgIpc) is 2.49. The van der Waals surface area contributed by atoms with Crippen LogP contribution in [0.2, 0.25) is 0 Å². The Balaban J connectivity index is 1.78. The number of hydrogen-bond acceptors (Lipinski definition) is 4. The van der Waals surface area contributed by atoms with E-state index in [1.807, 2.05) is 12.4 Å². The smallest absolute Gasteiger partial charge is 0.226 e. The Morgan fingerprint density at radius 2 is 1.63 bits per heavy atom. The number of rotatable bonds is 2. The zero-order valence-corrected chi connectivity index (χ0v) is 12.8. The van der Waals surface area contributed by atoms with Crippen molar-refractivity contribution in [1.29, 1.82) is 0 Å². The molecule has 1 aromatic rings. The van der Waals surface area contributed by atoms with Crippen molar-refractivity contribution in [3.63, 3.8) is 0 Å². The maximum absolute atomic E-state index is 4.49. The molecule has 0 N–H and O–H groups in total. The minimum absolute atomic E-state index is 0.509. The second-order valence-corrected chi connectivity index (χ2v) is 6.38. The molecule has 1 atom stereocenters. The van der Waals surface area contributed by atoms with Gasteiger partial charge >= 0.3 is 0 Å². The predicted octanol–water partition coefficient (Wildman–Crippen LogP) is 3.04. The summed E-state index contributed by atoms with van der Waals surface area (Å²) in [5.41, 5.74) is 0. The zero-order valence-electron chi connectivity index (χ0n) is 11.3. The molecule has 1 aromatic heterocycles. The Morgan fingerprint density at radius 1 is 0.947 bits per heavy atom. The first kappa shape index (κ1) is 13.3. The summed E-state index contributed by atoms with van der Waals surface area (Å²) in [6, 6.07) is 0. The number of anilines is 1. The molecule has 3 rings (SSSR count). The molecule has 0 aliphatic carbocycles. The summed E-state index contributed by atoms with van der Waals surface area (Å²) >= 11 is 3.41. The van der Waals surface area contributed by atoms with E-state index in [0.29, 0.717) is 6.17 Å². The molecule has 5 heteroatoms. The van der Waals surface area contributed by atoms with Gasteiger partial charge in [-0.1, -0.05) is 6.42 Å². The van der Waals surface area contributed by atoms with Gasteiger partial charge in [0, 0.05) is 32.0 Å². The largest absolute Gasteiger partial charge is 0.325 e. The lowest BCUT2D eigenvalue weighted by molar-refractivity contribution is 0.136. The number of likely N-dealkylation sites (tertiary alicyclic amines) is 1. The molecule has 2 aliphatic heterocycles. The van der Waals surface area contributed by atoms with E-state index >= 15 is 0 Å². The molecular formula is C14H21BrN4. The summed E-state index contributed by atoms with van der Waals surface area (Å²) in [5, 5.41) is 0. The summed E-state index contributed by atoms with van der Waals surface area (Å²) in [4.78, 5) is 14.0. The van der Waals surface area contributed by atoms with Crippen LogP contribution in [0.25, 0.3) is 0 Å². The van der Waals surface area contributed by atoms with E-state index in [9.17, 15) is 0 Å². The van der Waals surface area contributed by atoms with Crippen LogP contribution in [0.4, 0.5) is 5.95 Å². The molecular weight excluding hydrogens is 304 g/mol. The minimum Gasteiger partial charge on any atom is -0.325 e. The van der Waals surface area contributed by atoms with Crippen molar-refractivity contribution in [2.75, 3.05) is 24.5 Å². The molecule has 0 amide bonds. The molecule has 19 heavy (non-hydrogen) atoms. The summed E-state index contributed by atoms with van der Waals surface area (Å²) in [7, 11) is 0. The molecule has 0 spiro atoms. The number of piperidine rings is 2. The van der Waals surface area contributed by atoms with Gasteiger partial charge < -0.3 is 4.90 Å². The molecule has 104 valence electrons. The Morgan fingerprint density at radius 3 is 2.37 bits per heavy atom. The van der Waals surface area contributed by atoms with E-state index in [4.69, 9.17) is 0 Å². The van der Waals surface area contributed by atoms with Crippen LogP contribution in [0, 0.1) is 0 Å². The van der Waals surface area contributed by atoms with E-state index < -0.39 is 0 Å². The fourth-order valence-corrected chi connectivity index (χ4v) is 3.40. The second-order valence-electron chi connectivity index (χ2n) is 5.47. The van der Waals surface area contributed by atoms with Gasteiger partial charge in [-0.05, 0) is 48.0 Å². The van der Waals surface area contributed by atoms with Gasteiger partial charge in [0.05, 0.1) is 10.6 Å². The van der Waals surface area contributed by atoms with Crippen LogP contribution in [-0.4, -0.2) is 40.7 Å².